The van der Waals surface area contributed by atoms with E-state index in [4.69, 9.17) is 0 Å². The fraction of sp³-hybridized carbons (Fsp3) is 0.231. The lowest BCUT2D eigenvalue weighted by molar-refractivity contribution is 0.163. The summed E-state index contributed by atoms with van der Waals surface area (Å²) in [5.41, 5.74) is 3.02. The molecule has 94 valence electrons. The first kappa shape index (κ1) is 12.4. The van der Waals surface area contributed by atoms with Gasteiger partial charge in [-0.3, -0.25) is 0 Å². The van der Waals surface area contributed by atoms with Gasteiger partial charge in [0.2, 0.25) is 5.95 Å². The van der Waals surface area contributed by atoms with Crippen molar-refractivity contribution in [3.05, 3.63) is 42.2 Å². The first-order chi connectivity index (χ1) is 8.65. The van der Waals surface area contributed by atoms with Gasteiger partial charge < -0.3 is 5.32 Å². The molecule has 0 unspecified atom stereocenters. The molecule has 0 fully saturated rings. The van der Waals surface area contributed by atoms with Crippen molar-refractivity contribution in [1.29, 1.82) is 0 Å². The summed E-state index contributed by atoms with van der Waals surface area (Å²) in [7, 11) is 0. The van der Waals surface area contributed by atoms with Crippen LogP contribution in [0.2, 0.25) is 0 Å². The molecule has 18 heavy (non-hydrogen) atoms. The SMILES string of the molecule is Cc1cccc(-c2cnc(NCC(F)F)nc2)c1. The van der Waals surface area contributed by atoms with Crippen molar-refractivity contribution in [2.24, 2.45) is 0 Å². The minimum absolute atomic E-state index is 0.215. The Morgan fingerprint density at radius 3 is 2.50 bits per heavy atom. The van der Waals surface area contributed by atoms with Crippen LogP contribution >= 0.6 is 0 Å². The van der Waals surface area contributed by atoms with E-state index in [1.807, 2.05) is 31.2 Å². The maximum absolute atomic E-state index is 12.0. The highest BCUT2D eigenvalue weighted by Gasteiger charge is 2.04. The van der Waals surface area contributed by atoms with Gasteiger partial charge in [-0.1, -0.05) is 29.8 Å². The molecule has 0 saturated heterocycles. The third-order valence-corrected chi connectivity index (χ3v) is 2.42. The average molecular weight is 249 g/mol. The summed E-state index contributed by atoms with van der Waals surface area (Å²) >= 11 is 0. The van der Waals surface area contributed by atoms with Crippen molar-refractivity contribution in [3.8, 4) is 11.1 Å². The Bertz CT molecular complexity index is 512. The molecule has 0 saturated carbocycles. The Labute approximate surface area is 104 Å². The van der Waals surface area contributed by atoms with Gasteiger partial charge in [-0.05, 0) is 12.5 Å². The smallest absolute Gasteiger partial charge is 0.255 e. The summed E-state index contributed by atoms with van der Waals surface area (Å²) in [6, 6.07) is 7.93. The lowest BCUT2D eigenvalue weighted by atomic mass is 10.1. The van der Waals surface area contributed by atoms with Gasteiger partial charge in [0, 0.05) is 18.0 Å². The molecule has 2 rings (SSSR count). The minimum Gasteiger partial charge on any atom is -0.348 e. The predicted octanol–water partition coefficient (Wildman–Crippen LogP) is 3.13. The highest BCUT2D eigenvalue weighted by Crippen LogP contribution is 2.19. The maximum atomic E-state index is 12.0. The Hall–Kier alpha value is -2.04. The molecule has 0 amide bonds. The number of nitrogens with zero attached hydrogens (tertiary/aromatic N) is 2. The largest absolute Gasteiger partial charge is 0.348 e. The number of benzene rings is 1. The van der Waals surface area contributed by atoms with E-state index in [1.165, 1.54) is 0 Å². The van der Waals surface area contributed by atoms with Crippen LogP contribution in [0.15, 0.2) is 36.7 Å². The number of halogens is 2. The van der Waals surface area contributed by atoms with Gasteiger partial charge in [0.15, 0.2) is 0 Å². The zero-order valence-electron chi connectivity index (χ0n) is 9.90. The Balaban J connectivity index is 2.12. The van der Waals surface area contributed by atoms with Crippen molar-refractivity contribution in [1.82, 2.24) is 9.97 Å². The summed E-state index contributed by atoms with van der Waals surface area (Å²) in [5.74, 6) is 0.215. The number of rotatable bonds is 4. The molecule has 0 aliphatic heterocycles. The van der Waals surface area contributed by atoms with Crippen LogP contribution in [-0.4, -0.2) is 22.9 Å². The second kappa shape index (κ2) is 5.53. The van der Waals surface area contributed by atoms with Crippen LogP contribution < -0.4 is 5.32 Å². The number of anilines is 1. The van der Waals surface area contributed by atoms with Crippen molar-refractivity contribution < 1.29 is 8.78 Å². The molecule has 1 aromatic heterocycles. The van der Waals surface area contributed by atoms with E-state index in [-0.39, 0.29) is 5.95 Å². The van der Waals surface area contributed by atoms with Crippen LogP contribution in [0.4, 0.5) is 14.7 Å². The van der Waals surface area contributed by atoms with Gasteiger partial charge in [0.05, 0.1) is 6.54 Å². The number of hydrogen-bond acceptors (Lipinski definition) is 3. The highest BCUT2D eigenvalue weighted by molar-refractivity contribution is 5.62. The van der Waals surface area contributed by atoms with E-state index >= 15 is 0 Å². The molecule has 0 bridgehead atoms. The summed E-state index contributed by atoms with van der Waals surface area (Å²) in [6.07, 6.45) is 0.829. The van der Waals surface area contributed by atoms with E-state index in [1.54, 1.807) is 12.4 Å². The molecule has 1 heterocycles. The zero-order chi connectivity index (χ0) is 13.0. The third-order valence-electron chi connectivity index (χ3n) is 2.42. The van der Waals surface area contributed by atoms with Gasteiger partial charge in [0.1, 0.15) is 0 Å². The number of aromatic nitrogens is 2. The average Bonchev–Trinajstić information content (AvgIpc) is 2.37. The predicted molar refractivity (Wildman–Crippen MR) is 66.7 cm³/mol. The van der Waals surface area contributed by atoms with Crippen molar-refractivity contribution >= 4 is 5.95 Å². The van der Waals surface area contributed by atoms with Crippen molar-refractivity contribution in [2.45, 2.75) is 13.3 Å². The summed E-state index contributed by atoms with van der Waals surface area (Å²) in [4.78, 5) is 8.00. The second-order valence-electron chi connectivity index (χ2n) is 3.94. The van der Waals surface area contributed by atoms with E-state index in [0.717, 1.165) is 16.7 Å². The second-order valence-corrected chi connectivity index (χ2v) is 3.94. The zero-order valence-corrected chi connectivity index (χ0v) is 9.90. The van der Waals surface area contributed by atoms with Gasteiger partial charge in [-0.2, -0.15) is 0 Å². The first-order valence-electron chi connectivity index (χ1n) is 5.56. The van der Waals surface area contributed by atoms with Crippen LogP contribution in [0.1, 0.15) is 5.56 Å². The van der Waals surface area contributed by atoms with Crippen LogP contribution in [0.25, 0.3) is 11.1 Å². The van der Waals surface area contributed by atoms with Crippen LogP contribution in [-0.2, 0) is 0 Å². The van der Waals surface area contributed by atoms with E-state index in [9.17, 15) is 8.78 Å². The molecular weight excluding hydrogens is 236 g/mol. The summed E-state index contributed by atoms with van der Waals surface area (Å²) in [6.45, 7) is 1.56. The van der Waals surface area contributed by atoms with E-state index < -0.39 is 13.0 Å². The lowest BCUT2D eigenvalue weighted by Crippen LogP contribution is -2.12. The highest BCUT2D eigenvalue weighted by atomic mass is 19.3. The summed E-state index contributed by atoms with van der Waals surface area (Å²) in [5, 5.41) is 2.46. The number of nitrogens with one attached hydrogen (secondary N) is 1. The third kappa shape index (κ3) is 3.23. The number of aryl methyl sites for hydroxylation is 1. The monoisotopic (exact) mass is 249 g/mol. The van der Waals surface area contributed by atoms with Crippen LogP contribution in [0, 0.1) is 6.92 Å². The molecule has 3 nitrogen and oxygen atoms in total. The van der Waals surface area contributed by atoms with E-state index in [2.05, 4.69) is 15.3 Å². The maximum Gasteiger partial charge on any atom is 0.255 e. The first-order valence-corrected chi connectivity index (χ1v) is 5.56. The Morgan fingerprint density at radius 1 is 1.17 bits per heavy atom. The fourth-order valence-corrected chi connectivity index (χ4v) is 1.56. The molecule has 0 atom stereocenters. The molecule has 0 spiro atoms. The van der Waals surface area contributed by atoms with Gasteiger partial charge in [0.25, 0.3) is 6.43 Å². The summed E-state index contributed by atoms with van der Waals surface area (Å²) < 4.78 is 24.0. The van der Waals surface area contributed by atoms with Crippen molar-refractivity contribution in [3.63, 3.8) is 0 Å². The molecule has 0 aliphatic carbocycles. The quantitative estimate of drug-likeness (QED) is 0.904. The molecule has 2 aromatic rings. The normalized spacial score (nSPS) is 10.7. The molecule has 1 N–H and O–H groups in total. The lowest BCUT2D eigenvalue weighted by Gasteiger charge is -2.05. The molecule has 0 radical (unpaired) electrons. The topological polar surface area (TPSA) is 37.8 Å². The van der Waals surface area contributed by atoms with Crippen LogP contribution in [0.3, 0.4) is 0 Å². The van der Waals surface area contributed by atoms with Gasteiger partial charge in [-0.25, -0.2) is 18.7 Å². The van der Waals surface area contributed by atoms with Crippen molar-refractivity contribution in [2.75, 3.05) is 11.9 Å². The molecular formula is C13H13F2N3. The minimum atomic E-state index is -2.41. The molecule has 0 aliphatic rings. The Kier molecular flexibility index (Phi) is 3.82. The fourth-order valence-electron chi connectivity index (χ4n) is 1.56. The van der Waals surface area contributed by atoms with Gasteiger partial charge >= 0.3 is 0 Å². The molecule has 1 aromatic carbocycles. The van der Waals surface area contributed by atoms with Crippen LogP contribution in [0.5, 0.6) is 0 Å². The number of hydrogen-bond donors (Lipinski definition) is 1. The molecule has 5 heteroatoms. The Morgan fingerprint density at radius 2 is 1.89 bits per heavy atom. The van der Waals surface area contributed by atoms with E-state index in [0.29, 0.717) is 0 Å². The van der Waals surface area contributed by atoms with Gasteiger partial charge in [-0.15, -0.1) is 0 Å². The number of alkyl halides is 2. The standard InChI is InChI=1S/C13H13F2N3/c1-9-3-2-4-10(5-9)11-6-16-13(17-7-11)18-8-12(14)15/h2-7,12H,8H2,1H3,(H,16,17,18).